The van der Waals surface area contributed by atoms with Crippen molar-refractivity contribution in [3.8, 4) is 5.75 Å². The van der Waals surface area contributed by atoms with Crippen LogP contribution in [0.4, 0.5) is 0 Å². The molecule has 0 fully saturated rings. The monoisotopic (exact) mass is 331 g/mol. The first kappa shape index (κ1) is 18.0. The molecule has 1 heterocycles. The van der Waals surface area contributed by atoms with E-state index in [-0.39, 0.29) is 0 Å². The molecule has 0 saturated heterocycles. The van der Waals surface area contributed by atoms with Crippen molar-refractivity contribution < 1.29 is 14.6 Å². The fraction of sp³-hybridized carbons (Fsp3) is 0.444. The van der Waals surface area contributed by atoms with Crippen LogP contribution >= 0.6 is 0 Å². The third-order valence-corrected chi connectivity index (χ3v) is 3.82. The Balaban J connectivity index is 1.79. The van der Waals surface area contributed by atoms with Crippen molar-refractivity contribution in [3.05, 3.63) is 48.0 Å². The number of aromatic nitrogens is 2. The highest BCUT2D eigenvalue weighted by atomic mass is 16.5. The van der Waals surface area contributed by atoms with E-state index in [0.29, 0.717) is 23.8 Å². The highest BCUT2D eigenvalue weighted by Crippen LogP contribution is 2.17. The molecule has 0 unspecified atom stereocenters. The Labute approximate surface area is 142 Å². The number of aliphatic hydroxyl groups is 1. The Hall–Kier alpha value is -2.34. The smallest absolute Gasteiger partial charge is 0.253 e. The average Bonchev–Trinajstić information content (AvgIpc) is 3.06. The first-order valence-corrected chi connectivity index (χ1v) is 8.13. The Kier molecular flexibility index (Phi) is 6.37. The molecule has 0 saturated carbocycles. The summed E-state index contributed by atoms with van der Waals surface area (Å²) in [6.45, 7) is 5.49. The zero-order valence-corrected chi connectivity index (χ0v) is 14.4. The predicted octanol–water partition coefficient (Wildman–Crippen LogP) is 2.25. The second-order valence-corrected chi connectivity index (χ2v) is 5.95. The lowest BCUT2D eigenvalue weighted by Crippen LogP contribution is -2.30. The highest BCUT2D eigenvalue weighted by molar-refractivity contribution is 5.81. The van der Waals surface area contributed by atoms with Gasteiger partial charge in [-0.05, 0) is 24.1 Å². The van der Waals surface area contributed by atoms with Crippen LogP contribution in [-0.2, 0) is 11.3 Å². The number of imidazole rings is 1. The van der Waals surface area contributed by atoms with E-state index in [1.165, 1.54) is 0 Å². The molecule has 1 amide bonds. The van der Waals surface area contributed by atoms with Crippen LogP contribution in [0, 0.1) is 0 Å². The zero-order valence-electron chi connectivity index (χ0n) is 14.4. The normalized spacial score (nSPS) is 12.2. The van der Waals surface area contributed by atoms with Gasteiger partial charge < -0.3 is 19.7 Å². The number of amides is 1. The fourth-order valence-electron chi connectivity index (χ4n) is 2.51. The first-order valence-electron chi connectivity index (χ1n) is 8.13. The van der Waals surface area contributed by atoms with Crippen molar-refractivity contribution in [1.82, 2.24) is 14.9 Å². The summed E-state index contributed by atoms with van der Waals surface area (Å²) in [6, 6.07) is 6.81. The SMILES string of the molecule is COc1ccc([C@@H](O)C(=O)NCCCn2ccnc2C(C)C)cc1. The molecule has 0 aliphatic carbocycles. The quantitative estimate of drug-likeness (QED) is 0.728. The summed E-state index contributed by atoms with van der Waals surface area (Å²) in [4.78, 5) is 16.4. The van der Waals surface area contributed by atoms with Gasteiger partial charge in [0, 0.05) is 31.4 Å². The van der Waals surface area contributed by atoms with Crippen molar-refractivity contribution in [2.24, 2.45) is 0 Å². The molecule has 6 nitrogen and oxygen atoms in total. The lowest BCUT2D eigenvalue weighted by molar-refractivity contribution is -0.129. The maximum Gasteiger partial charge on any atom is 0.253 e. The Bertz CT molecular complexity index is 650. The van der Waals surface area contributed by atoms with Crippen LogP contribution in [-0.4, -0.2) is 34.2 Å². The molecular formula is C18H25N3O3. The number of hydrogen-bond donors (Lipinski definition) is 2. The first-order chi connectivity index (χ1) is 11.5. The average molecular weight is 331 g/mol. The molecule has 1 atom stereocenters. The summed E-state index contributed by atoms with van der Waals surface area (Å²) in [6.07, 6.45) is 3.34. The van der Waals surface area contributed by atoms with Crippen molar-refractivity contribution >= 4 is 5.91 Å². The number of carbonyl (C=O) groups is 1. The molecule has 1 aromatic heterocycles. The zero-order chi connectivity index (χ0) is 17.5. The topological polar surface area (TPSA) is 76.4 Å². The maximum absolute atomic E-state index is 12.0. The number of benzene rings is 1. The lowest BCUT2D eigenvalue weighted by Gasteiger charge is -2.13. The standard InChI is InChI=1S/C18H25N3O3/c1-13(2)17-19-10-12-21(17)11-4-9-20-18(23)16(22)14-5-7-15(24-3)8-6-14/h5-8,10,12-13,16,22H,4,9,11H2,1-3H3,(H,20,23)/t16-/m1/s1. The molecule has 2 rings (SSSR count). The van der Waals surface area contributed by atoms with E-state index in [9.17, 15) is 9.90 Å². The number of rotatable bonds is 8. The van der Waals surface area contributed by atoms with Gasteiger partial charge in [-0.25, -0.2) is 4.98 Å². The summed E-state index contributed by atoms with van der Waals surface area (Å²) in [5, 5.41) is 12.9. The summed E-state index contributed by atoms with van der Waals surface area (Å²) >= 11 is 0. The minimum absolute atomic E-state index is 0.367. The molecule has 0 aliphatic heterocycles. The van der Waals surface area contributed by atoms with Gasteiger partial charge in [0.1, 0.15) is 11.6 Å². The molecular weight excluding hydrogens is 306 g/mol. The number of aliphatic hydroxyl groups excluding tert-OH is 1. The summed E-state index contributed by atoms with van der Waals surface area (Å²) in [7, 11) is 1.57. The summed E-state index contributed by atoms with van der Waals surface area (Å²) < 4.78 is 7.15. The fourth-order valence-corrected chi connectivity index (χ4v) is 2.51. The number of hydrogen-bond acceptors (Lipinski definition) is 4. The predicted molar refractivity (Wildman–Crippen MR) is 91.9 cm³/mol. The number of carbonyl (C=O) groups excluding carboxylic acids is 1. The lowest BCUT2D eigenvalue weighted by atomic mass is 10.1. The number of aryl methyl sites for hydroxylation is 1. The second-order valence-electron chi connectivity index (χ2n) is 5.95. The molecule has 0 radical (unpaired) electrons. The Morgan fingerprint density at radius 1 is 1.33 bits per heavy atom. The Morgan fingerprint density at radius 3 is 2.67 bits per heavy atom. The maximum atomic E-state index is 12.0. The van der Waals surface area contributed by atoms with E-state index in [1.54, 1.807) is 37.6 Å². The van der Waals surface area contributed by atoms with Crippen molar-refractivity contribution in [3.63, 3.8) is 0 Å². The highest BCUT2D eigenvalue weighted by Gasteiger charge is 2.16. The van der Waals surface area contributed by atoms with Crippen LogP contribution in [0.3, 0.4) is 0 Å². The number of nitrogens with one attached hydrogen (secondary N) is 1. The van der Waals surface area contributed by atoms with Gasteiger partial charge >= 0.3 is 0 Å². The minimum atomic E-state index is -1.17. The molecule has 130 valence electrons. The van der Waals surface area contributed by atoms with Gasteiger partial charge in [0.05, 0.1) is 7.11 Å². The minimum Gasteiger partial charge on any atom is -0.497 e. The van der Waals surface area contributed by atoms with Crippen LogP contribution in [0.25, 0.3) is 0 Å². The Morgan fingerprint density at radius 2 is 2.04 bits per heavy atom. The van der Waals surface area contributed by atoms with Crippen LogP contribution in [0.5, 0.6) is 5.75 Å². The molecule has 1 aromatic carbocycles. The molecule has 2 aromatic rings. The largest absolute Gasteiger partial charge is 0.497 e. The van der Waals surface area contributed by atoms with E-state index < -0.39 is 12.0 Å². The molecule has 24 heavy (non-hydrogen) atoms. The van der Waals surface area contributed by atoms with E-state index >= 15 is 0 Å². The summed E-state index contributed by atoms with van der Waals surface area (Å²) in [5.74, 6) is 1.70. The van der Waals surface area contributed by atoms with Gasteiger partial charge in [-0.2, -0.15) is 0 Å². The molecule has 0 bridgehead atoms. The van der Waals surface area contributed by atoms with Gasteiger partial charge in [0.15, 0.2) is 6.10 Å². The molecule has 0 aliphatic rings. The molecule has 2 N–H and O–H groups in total. The second kappa shape index (κ2) is 8.49. The summed E-state index contributed by atoms with van der Waals surface area (Å²) in [5.41, 5.74) is 0.546. The third-order valence-electron chi connectivity index (χ3n) is 3.82. The van der Waals surface area contributed by atoms with Gasteiger partial charge in [0.2, 0.25) is 0 Å². The van der Waals surface area contributed by atoms with E-state index in [4.69, 9.17) is 4.74 Å². The van der Waals surface area contributed by atoms with Gasteiger partial charge in [-0.3, -0.25) is 4.79 Å². The van der Waals surface area contributed by atoms with Gasteiger partial charge in [-0.1, -0.05) is 26.0 Å². The van der Waals surface area contributed by atoms with Crippen molar-refractivity contribution in [1.29, 1.82) is 0 Å². The number of methoxy groups -OCH3 is 1. The van der Waals surface area contributed by atoms with E-state index in [0.717, 1.165) is 18.8 Å². The van der Waals surface area contributed by atoms with Gasteiger partial charge in [-0.15, -0.1) is 0 Å². The van der Waals surface area contributed by atoms with Crippen LogP contribution in [0.15, 0.2) is 36.7 Å². The number of nitrogens with zero attached hydrogens (tertiary/aromatic N) is 2. The third kappa shape index (κ3) is 4.58. The van der Waals surface area contributed by atoms with E-state index in [2.05, 4.69) is 28.7 Å². The van der Waals surface area contributed by atoms with Crippen LogP contribution in [0.2, 0.25) is 0 Å². The van der Waals surface area contributed by atoms with Gasteiger partial charge in [0.25, 0.3) is 5.91 Å². The molecule has 6 heteroatoms. The van der Waals surface area contributed by atoms with Crippen molar-refractivity contribution in [2.75, 3.05) is 13.7 Å². The number of ether oxygens (including phenoxy) is 1. The van der Waals surface area contributed by atoms with Crippen LogP contribution < -0.4 is 10.1 Å². The van der Waals surface area contributed by atoms with Crippen molar-refractivity contribution in [2.45, 2.75) is 38.8 Å². The van der Waals surface area contributed by atoms with E-state index in [1.807, 2.05) is 6.20 Å². The van der Waals surface area contributed by atoms with Crippen LogP contribution in [0.1, 0.15) is 43.7 Å². The molecule has 0 spiro atoms.